The van der Waals surface area contributed by atoms with Gasteiger partial charge in [0.2, 0.25) is 23.4 Å². The average molecular weight is 772 g/mol. The van der Waals surface area contributed by atoms with Crippen LogP contribution in [0.1, 0.15) is 80.9 Å². The van der Waals surface area contributed by atoms with Crippen molar-refractivity contribution in [3.63, 3.8) is 0 Å². The third-order valence-corrected chi connectivity index (χ3v) is 8.64. The van der Waals surface area contributed by atoms with Crippen molar-refractivity contribution in [1.82, 2.24) is 43.4 Å². The molecule has 0 aliphatic rings. The van der Waals surface area contributed by atoms with Crippen LogP contribution in [0.2, 0.25) is 0 Å². The van der Waals surface area contributed by atoms with Crippen LogP contribution in [0.15, 0.2) is 36.4 Å². The van der Waals surface area contributed by atoms with Crippen molar-refractivity contribution in [2.45, 2.75) is 101 Å². The van der Waals surface area contributed by atoms with Crippen LogP contribution in [-0.4, -0.2) is 61.9 Å². The van der Waals surface area contributed by atoms with Gasteiger partial charge in [0.25, 0.3) is 0 Å². The first-order valence-electron chi connectivity index (χ1n) is 16.3. The fourth-order valence-electron chi connectivity index (χ4n) is 6.10. The Kier molecular flexibility index (Phi) is 13.5. The van der Waals surface area contributed by atoms with Crippen LogP contribution in [0, 0.1) is 83.1 Å². The fraction of sp³-hybridized carbons (Fsp3) is 0.455. The second kappa shape index (κ2) is 16.5. The minimum Gasteiger partial charge on any atom is -0.741 e. The molecule has 0 unspecified atom stereocenters. The number of halogens is 3. The SMILES string of the molecule is Cc1cc(C)n(C(n2[nH+]c(C)cc2C)n2[nH+]c(C)cc2C)[nH+]1.Cc1cc(C)n(C(n2nc(C)cc2C)n2nc(C)cc2C)n1.O=S(=O)([O-])C(F)(F)F.[Na+]. The number of nitrogens with one attached hydrogen (secondary N) is 3. The van der Waals surface area contributed by atoms with Crippen LogP contribution < -0.4 is 44.9 Å². The van der Waals surface area contributed by atoms with E-state index in [-0.39, 0.29) is 42.1 Å². The minimum absolute atomic E-state index is 0. The van der Waals surface area contributed by atoms with E-state index in [2.05, 4.69) is 143 Å². The molecule has 6 aromatic rings. The molecule has 0 saturated carbocycles. The second-order valence-electron chi connectivity index (χ2n) is 13.1. The largest absolute Gasteiger partial charge is 1.00 e. The molecular weight excluding hydrogens is 724 g/mol. The Labute approximate surface area is 328 Å². The van der Waals surface area contributed by atoms with Crippen molar-refractivity contribution in [1.29, 1.82) is 0 Å². The van der Waals surface area contributed by atoms with E-state index in [0.29, 0.717) is 0 Å². The molecule has 0 radical (unpaired) electrons. The minimum atomic E-state index is -6.09. The molecule has 0 atom stereocenters. The average Bonchev–Trinajstić information content (AvgIpc) is 3.82. The number of aromatic amines is 3. The van der Waals surface area contributed by atoms with Crippen molar-refractivity contribution < 1.29 is 71.0 Å². The summed E-state index contributed by atoms with van der Waals surface area (Å²) in [6, 6.07) is 12.7. The van der Waals surface area contributed by atoms with Gasteiger partial charge < -0.3 is 4.55 Å². The zero-order valence-corrected chi connectivity index (χ0v) is 35.2. The molecule has 0 fully saturated rings. The maximum Gasteiger partial charge on any atom is 1.00 e. The molecule has 282 valence electrons. The van der Waals surface area contributed by atoms with Crippen molar-refractivity contribution in [2.75, 3.05) is 0 Å². The molecular formula is C33H47F3N12NaO3S+3. The van der Waals surface area contributed by atoms with Crippen molar-refractivity contribution in [3.05, 3.63) is 105 Å². The molecule has 20 heteroatoms. The van der Waals surface area contributed by atoms with Crippen molar-refractivity contribution >= 4 is 10.1 Å². The summed E-state index contributed by atoms with van der Waals surface area (Å²) in [7, 11) is -6.09. The molecule has 15 nitrogen and oxygen atoms in total. The molecule has 6 heterocycles. The normalized spacial score (nSPS) is 11.7. The van der Waals surface area contributed by atoms with E-state index in [1.54, 1.807) is 0 Å². The number of H-pyrrole nitrogens is 3. The van der Waals surface area contributed by atoms with Crippen LogP contribution in [0.5, 0.6) is 0 Å². The number of hydrogen-bond acceptors (Lipinski definition) is 6. The Balaban J connectivity index is 0.000000234. The molecule has 0 saturated heterocycles. The quantitative estimate of drug-likeness (QED) is 0.137. The molecule has 6 rings (SSSR count). The number of aryl methyl sites for hydroxylation is 12. The molecule has 6 aromatic heterocycles. The van der Waals surface area contributed by atoms with Crippen molar-refractivity contribution in [3.8, 4) is 0 Å². The summed E-state index contributed by atoms with van der Waals surface area (Å²) >= 11 is 0. The van der Waals surface area contributed by atoms with E-state index >= 15 is 0 Å². The third-order valence-electron chi connectivity index (χ3n) is 8.07. The van der Waals surface area contributed by atoms with Gasteiger partial charge in [0.1, 0.15) is 0 Å². The van der Waals surface area contributed by atoms with E-state index in [4.69, 9.17) is 13.0 Å². The van der Waals surface area contributed by atoms with Crippen LogP contribution in [0.4, 0.5) is 13.2 Å². The van der Waals surface area contributed by atoms with Gasteiger partial charge in [-0.05, 0) is 80.5 Å². The maximum absolute atomic E-state index is 10.7. The van der Waals surface area contributed by atoms with Gasteiger partial charge in [-0.3, -0.25) is 0 Å². The Morgan fingerprint density at radius 3 is 0.925 bits per heavy atom. The number of alkyl halides is 3. The first kappa shape index (κ1) is 43.4. The smallest absolute Gasteiger partial charge is 0.741 e. The van der Waals surface area contributed by atoms with Gasteiger partial charge in [-0.15, -0.1) is 29.3 Å². The summed E-state index contributed by atoms with van der Waals surface area (Å²) in [5.41, 5.74) is 7.56. The predicted octanol–water partition coefficient (Wildman–Crippen LogP) is 0.671. The molecule has 0 spiro atoms. The summed E-state index contributed by atoms with van der Waals surface area (Å²) in [5, 5.41) is 24.3. The number of nitrogens with zero attached hydrogens (tertiary/aromatic N) is 9. The van der Waals surface area contributed by atoms with Gasteiger partial charge >= 0.3 is 41.4 Å². The Bertz CT molecular complexity index is 1930. The van der Waals surface area contributed by atoms with Gasteiger partial charge in [0.05, 0.1) is 34.2 Å². The Hall–Kier alpha value is -4.04. The summed E-state index contributed by atoms with van der Waals surface area (Å²) in [4.78, 5) is 0. The first-order chi connectivity index (χ1) is 24.0. The number of hydrogen-bond donors (Lipinski definition) is 0. The first-order valence-corrected chi connectivity index (χ1v) is 17.7. The van der Waals surface area contributed by atoms with Crippen LogP contribution in [-0.2, 0) is 10.1 Å². The molecule has 0 aliphatic carbocycles. The number of rotatable bonds is 6. The van der Waals surface area contributed by atoms with Crippen molar-refractivity contribution in [2.24, 2.45) is 0 Å². The third kappa shape index (κ3) is 9.94. The monoisotopic (exact) mass is 771 g/mol. The van der Waals surface area contributed by atoms with Gasteiger partial charge in [-0.1, -0.05) is 0 Å². The van der Waals surface area contributed by atoms with E-state index < -0.39 is 15.6 Å². The zero-order chi connectivity index (χ0) is 39.0. The second-order valence-corrected chi connectivity index (χ2v) is 14.4. The molecule has 0 aliphatic heterocycles. The van der Waals surface area contributed by atoms with Crippen LogP contribution in [0.25, 0.3) is 0 Å². The Morgan fingerprint density at radius 1 is 0.528 bits per heavy atom. The molecule has 0 aromatic carbocycles. The van der Waals surface area contributed by atoms with E-state index in [9.17, 15) is 13.2 Å². The topological polar surface area (TPSA) is 168 Å². The van der Waals surface area contributed by atoms with Gasteiger partial charge in [-0.25, -0.2) is 22.5 Å². The summed E-state index contributed by atoms with van der Waals surface area (Å²) in [5.74, 6) is 0. The maximum atomic E-state index is 10.7. The van der Waals surface area contributed by atoms with Crippen LogP contribution in [0.3, 0.4) is 0 Å². The van der Waals surface area contributed by atoms with Gasteiger partial charge in [0, 0.05) is 56.1 Å². The van der Waals surface area contributed by atoms with E-state index in [1.165, 1.54) is 17.1 Å². The predicted molar refractivity (Wildman–Crippen MR) is 182 cm³/mol. The van der Waals surface area contributed by atoms with Gasteiger partial charge in [-0.2, -0.15) is 28.5 Å². The zero-order valence-electron chi connectivity index (χ0n) is 32.4. The molecule has 0 amide bonds. The molecule has 3 N–H and O–H groups in total. The standard InChI is InChI=1S/2C16H22N6.CHF3O3S.Na/c2*1-10-7-13(4)20(17-10)16(21-14(5)8-11(2)18-21)22-15(6)9-12(3)19-22;2-1(3,4)8(5,6)7;/h2*7-9,16H,1-6H3;(H,5,6,7);/q;;;+1/p+2. The van der Waals surface area contributed by atoms with Crippen LogP contribution >= 0.6 is 0 Å². The molecule has 53 heavy (non-hydrogen) atoms. The summed E-state index contributed by atoms with van der Waals surface area (Å²) in [6.45, 7) is 24.8. The van der Waals surface area contributed by atoms with E-state index in [0.717, 1.165) is 51.2 Å². The Morgan fingerprint density at radius 2 is 0.774 bits per heavy atom. The van der Waals surface area contributed by atoms with Gasteiger partial charge in [0.15, 0.2) is 10.1 Å². The number of aromatic nitrogens is 12. The summed E-state index contributed by atoms with van der Waals surface area (Å²) in [6.07, 6.45) is -0.285. The van der Waals surface area contributed by atoms with E-state index in [1.807, 2.05) is 34.8 Å². The summed E-state index contributed by atoms with van der Waals surface area (Å²) < 4.78 is 71.3. The fourth-order valence-corrected chi connectivity index (χ4v) is 6.10. The molecule has 0 bridgehead atoms.